The molecular formula is C27H24Cl2N2O2. The second-order valence-electron chi connectivity index (χ2n) is 8.26. The van der Waals surface area contributed by atoms with Crippen molar-refractivity contribution >= 4 is 46.3 Å². The molecule has 2 aliphatic rings. The maximum atomic E-state index is 13.8. The van der Waals surface area contributed by atoms with Crippen LogP contribution in [0.1, 0.15) is 52.8 Å². The smallest absolute Gasteiger partial charge is 0.255 e. The van der Waals surface area contributed by atoms with E-state index < -0.39 is 5.41 Å². The van der Waals surface area contributed by atoms with Crippen molar-refractivity contribution in [3.63, 3.8) is 0 Å². The van der Waals surface area contributed by atoms with Crippen LogP contribution in [0.3, 0.4) is 0 Å². The maximum Gasteiger partial charge on any atom is 0.255 e. The minimum atomic E-state index is -0.632. The molecular weight excluding hydrogens is 455 g/mol. The van der Waals surface area contributed by atoms with Gasteiger partial charge in [0.25, 0.3) is 5.91 Å². The number of hydrogen-bond donors (Lipinski definition) is 1. The summed E-state index contributed by atoms with van der Waals surface area (Å²) in [6, 6.07) is 11.7. The SMILES string of the molecule is O=C(Nc1ccc(C(=O)C2(C3=NC=CC=CC=C3)CCCCC2)cc1)c1cc(Cl)cc(Cl)c1. The fourth-order valence-corrected chi connectivity index (χ4v) is 4.92. The van der Waals surface area contributed by atoms with Gasteiger partial charge in [-0.15, -0.1) is 0 Å². The zero-order valence-corrected chi connectivity index (χ0v) is 19.6. The third-order valence-electron chi connectivity index (χ3n) is 6.05. The summed E-state index contributed by atoms with van der Waals surface area (Å²) in [4.78, 5) is 31.0. The van der Waals surface area contributed by atoms with Gasteiger partial charge in [-0.3, -0.25) is 14.6 Å². The maximum absolute atomic E-state index is 13.8. The molecule has 33 heavy (non-hydrogen) atoms. The molecule has 2 aromatic rings. The summed E-state index contributed by atoms with van der Waals surface area (Å²) in [6.45, 7) is 0. The van der Waals surface area contributed by atoms with E-state index in [2.05, 4.69) is 10.3 Å². The fourth-order valence-electron chi connectivity index (χ4n) is 4.40. The Kier molecular flexibility index (Phi) is 7.26. The Morgan fingerprint density at radius 2 is 1.48 bits per heavy atom. The van der Waals surface area contributed by atoms with Gasteiger partial charge >= 0.3 is 0 Å². The Bertz CT molecular complexity index is 1150. The number of hydrogen-bond acceptors (Lipinski definition) is 3. The van der Waals surface area contributed by atoms with E-state index in [4.69, 9.17) is 23.2 Å². The molecule has 1 saturated carbocycles. The second-order valence-corrected chi connectivity index (χ2v) is 9.13. The monoisotopic (exact) mass is 478 g/mol. The Labute approximate surface area is 203 Å². The number of Topliss-reactive ketones (excluding diaryl/α,β-unsaturated/α-hetero) is 1. The summed E-state index contributed by atoms with van der Waals surface area (Å²) in [5, 5.41) is 3.61. The lowest BCUT2D eigenvalue weighted by molar-refractivity contribution is 0.0827. The standard InChI is InChI=1S/C27H24Cl2N2O2/c28-21-16-20(17-22(29)18-21)26(33)31-23-11-9-19(10-12-23)25(32)27(13-5-3-6-14-27)24-8-4-1-2-7-15-30-24/h1-2,4,7-12,15-18H,3,5-6,13-14H2,(H,31,33). The van der Waals surface area contributed by atoms with E-state index in [0.29, 0.717) is 26.9 Å². The van der Waals surface area contributed by atoms with E-state index in [1.165, 1.54) is 0 Å². The predicted octanol–water partition coefficient (Wildman–Crippen LogP) is 7.46. The summed E-state index contributed by atoms with van der Waals surface area (Å²) < 4.78 is 0. The molecule has 1 fully saturated rings. The van der Waals surface area contributed by atoms with Crippen LogP contribution >= 0.6 is 23.2 Å². The first-order valence-electron chi connectivity index (χ1n) is 11.0. The van der Waals surface area contributed by atoms with Crippen molar-refractivity contribution < 1.29 is 9.59 Å². The van der Waals surface area contributed by atoms with Gasteiger partial charge in [0.1, 0.15) is 0 Å². The molecule has 4 rings (SSSR count). The molecule has 1 aliphatic heterocycles. The number of ketones is 1. The summed E-state index contributed by atoms with van der Waals surface area (Å²) in [5.74, 6) is -0.251. The van der Waals surface area contributed by atoms with Gasteiger partial charge in [-0.2, -0.15) is 0 Å². The highest BCUT2D eigenvalue weighted by atomic mass is 35.5. The molecule has 1 N–H and O–H groups in total. The van der Waals surface area contributed by atoms with Gasteiger partial charge < -0.3 is 5.32 Å². The molecule has 1 heterocycles. The molecule has 168 valence electrons. The zero-order valence-electron chi connectivity index (χ0n) is 18.1. The minimum absolute atomic E-state index is 0.0723. The lowest BCUT2D eigenvalue weighted by Gasteiger charge is -2.36. The number of halogens is 2. The van der Waals surface area contributed by atoms with Crippen LogP contribution in [-0.2, 0) is 0 Å². The van der Waals surface area contributed by atoms with E-state index >= 15 is 0 Å². The Morgan fingerprint density at radius 1 is 0.818 bits per heavy atom. The number of allylic oxidation sites excluding steroid dienone is 5. The number of benzene rings is 2. The van der Waals surface area contributed by atoms with Gasteiger partial charge in [0.2, 0.25) is 0 Å². The Hall–Kier alpha value is -2.95. The molecule has 4 nitrogen and oxygen atoms in total. The van der Waals surface area contributed by atoms with E-state index in [1.807, 2.05) is 30.4 Å². The fraction of sp³-hybridized carbons (Fsp3) is 0.222. The van der Waals surface area contributed by atoms with Gasteiger partial charge in [-0.05, 0) is 67.5 Å². The van der Waals surface area contributed by atoms with Crippen LogP contribution in [-0.4, -0.2) is 17.4 Å². The molecule has 0 bridgehead atoms. The number of nitrogens with zero attached hydrogens (tertiary/aromatic N) is 1. The third-order valence-corrected chi connectivity index (χ3v) is 6.49. The van der Waals surface area contributed by atoms with Crippen LogP contribution in [0.25, 0.3) is 0 Å². The van der Waals surface area contributed by atoms with Gasteiger partial charge in [0.15, 0.2) is 5.78 Å². The average molecular weight is 479 g/mol. The molecule has 0 spiro atoms. The van der Waals surface area contributed by atoms with Crippen molar-refractivity contribution in [3.8, 4) is 0 Å². The normalized spacial score (nSPS) is 17.1. The molecule has 0 saturated heterocycles. The minimum Gasteiger partial charge on any atom is -0.322 e. The van der Waals surface area contributed by atoms with Crippen molar-refractivity contribution in [1.82, 2.24) is 0 Å². The van der Waals surface area contributed by atoms with Crippen molar-refractivity contribution in [3.05, 3.63) is 100 Å². The highest BCUT2D eigenvalue weighted by Crippen LogP contribution is 2.41. The van der Waals surface area contributed by atoms with Gasteiger partial charge in [0, 0.05) is 33.1 Å². The number of aliphatic imine (C=N–C) groups is 1. The lowest BCUT2D eigenvalue weighted by Crippen LogP contribution is -2.40. The van der Waals surface area contributed by atoms with E-state index in [9.17, 15) is 9.59 Å². The van der Waals surface area contributed by atoms with Crippen LogP contribution in [0.5, 0.6) is 0 Å². The largest absolute Gasteiger partial charge is 0.322 e. The molecule has 0 radical (unpaired) electrons. The first kappa shape index (κ1) is 23.2. The second kappa shape index (κ2) is 10.3. The Balaban J connectivity index is 1.56. The summed E-state index contributed by atoms with van der Waals surface area (Å²) in [6.07, 6.45) is 16.0. The lowest BCUT2D eigenvalue weighted by atomic mass is 9.66. The first-order valence-corrected chi connectivity index (χ1v) is 11.7. The Morgan fingerprint density at radius 3 is 2.18 bits per heavy atom. The molecule has 0 atom stereocenters. The van der Waals surface area contributed by atoms with Crippen molar-refractivity contribution in [2.24, 2.45) is 10.4 Å². The number of rotatable bonds is 5. The van der Waals surface area contributed by atoms with Crippen LogP contribution in [0.2, 0.25) is 10.0 Å². The topological polar surface area (TPSA) is 58.5 Å². The summed E-state index contributed by atoms with van der Waals surface area (Å²) >= 11 is 12.0. The van der Waals surface area contributed by atoms with Crippen molar-refractivity contribution in [2.45, 2.75) is 32.1 Å². The van der Waals surface area contributed by atoms with Crippen LogP contribution < -0.4 is 5.32 Å². The van der Waals surface area contributed by atoms with E-state index in [0.717, 1.165) is 37.8 Å². The van der Waals surface area contributed by atoms with Crippen LogP contribution in [0, 0.1) is 5.41 Å². The quantitative estimate of drug-likeness (QED) is 0.453. The average Bonchev–Trinajstić information content (AvgIpc) is 2.78. The van der Waals surface area contributed by atoms with Crippen LogP contribution in [0.15, 0.2) is 84.0 Å². The molecule has 0 unspecified atom stereocenters. The van der Waals surface area contributed by atoms with Crippen molar-refractivity contribution in [1.29, 1.82) is 0 Å². The highest BCUT2D eigenvalue weighted by Gasteiger charge is 2.43. The molecule has 1 amide bonds. The zero-order chi connectivity index (χ0) is 23.3. The number of amides is 1. The van der Waals surface area contributed by atoms with E-state index in [-0.39, 0.29) is 11.7 Å². The highest BCUT2D eigenvalue weighted by molar-refractivity contribution is 6.35. The molecule has 2 aromatic carbocycles. The molecule has 0 aromatic heterocycles. The number of nitrogens with one attached hydrogen (secondary N) is 1. The predicted molar refractivity (Wildman–Crippen MR) is 136 cm³/mol. The number of carbonyl (C=O) groups is 2. The third kappa shape index (κ3) is 5.35. The van der Waals surface area contributed by atoms with Crippen molar-refractivity contribution in [2.75, 3.05) is 5.32 Å². The molecule has 1 aliphatic carbocycles. The number of anilines is 1. The van der Waals surface area contributed by atoms with Gasteiger partial charge in [0.05, 0.1) is 11.1 Å². The van der Waals surface area contributed by atoms with Gasteiger partial charge in [-0.1, -0.05) is 60.7 Å². The summed E-state index contributed by atoms with van der Waals surface area (Å²) in [7, 11) is 0. The van der Waals surface area contributed by atoms with Crippen LogP contribution in [0.4, 0.5) is 5.69 Å². The van der Waals surface area contributed by atoms with Gasteiger partial charge in [-0.25, -0.2) is 0 Å². The first-order chi connectivity index (χ1) is 16.0. The molecule has 6 heteroatoms. The summed E-state index contributed by atoms with van der Waals surface area (Å²) in [5.41, 5.74) is 1.74. The van der Waals surface area contributed by atoms with E-state index in [1.54, 1.807) is 48.7 Å². The number of carbonyl (C=O) groups excluding carboxylic acids is 2.